The van der Waals surface area contributed by atoms with Crippen LogP contribution in [0, 0.1) is 0 Å². The lowest BCUT2D eigenvalue weighted by Gasteiger charge is -2.20. The number of imidazole rings is 1. The van der Waals surface area contributed by atoms with Gasteiger partial charge in [0, 0.05) is 39.8 Å². The normalized spacial score (nSPS) is 11.5. The van der Waals surface area contributed by atoms with Crippen LogP contribution in [0.5, 0.6) is 0 Å². The number of hydrogen-bond donors (Lipinski definition) is 1. The minimum atomic E-state index is 0.0647. The third-order valence-electron chi connectivity index (χ3n) is 11.6. The van der Waals surface area contributed by atoms with Crippen LogP contribution < -0.4 is 5.32 Å². The summed E-state index contributed by atoms with van der Waals surface area (Å²) in [4.78, 5) is 10.6. The molecule has 4 nitrogen and oxygen atoms in total. The van der Waals surface area contributed by atoms with Crippen LogP contribution in [-0.2, 0) is 5.41 Å². The molecule has 0 amide bonds. The molecule has 62 heavy (non-hydrogen) atoms. The lowest BCUT2D eigenvalue weighted by atomic mass is 9.87. The number of para-hydroxylation sites is 3. The lowest BCUT2D eigenvalue weighted by Crippen LogP contribution is -2.10. The molecule has 0 aliphatic rings. The Balaban J connectivity index is 1.19. The number of aromatic nitrogens is 3. The summed E-state index contributed by atoms with van der Waals surface area (Å²) in [7, 11) is 0. The van der Waals surface area contributed by atoms with Crippen LogP contribution in [0.1, 0.15) is 26.3 Å². The SMILES string of the molecule is CC(C)(C)c1ccc(Nc2ccccc2-c2nc3c(-c4cc(-c5ccccc5)cc(-c5cc(-c6ccccc6)ccn5)c4)cccc3n2-c2ccccc2-c2ccccc2)cc1. The zero-order chi connectivity index (χ0) is 42.0. The molecule has 0 fully saturated rings. The van der Waals surface area contributed by atoms with Crippen molar-refractivity contribution in [2.45, 2.75) is 26.2 Å². The second-order valence-corrected chi connectivity index (χ2v) is 16.8. The van der Waals surface area contributed by atoms with Gasteiger partial charge in [0.05, 0.1) is 22.4 Å². The van der Waals surface area contributed by atoms with E-state index >= 15 is 0 Å². The van der Waals surface area contributed by atoms with Crippen LogP contribution >= 0.6 is 0 Å². The molecule has 8 aromatic carbocycles. The van der Waals surface area contributed by atoms with Crippen molar-refractivity contribution in [3.63, 3.8) is 0 Å². The molecule has 0 aliphatic heterocycles. The van der Waals surface area contributed by atoms with Crippen molar-refractivity contribution >= 4 is 22.4 Å². The standard InChI is InChI=1S/C58H46N4/c1-58(2,3)47-30-32-48(33-31-47)60-52-27-15-13-25-51(52)57-61-56-50(26-17-29-55(56)62(57)54-28-16-14-24-49(54)42-22-11-6-12-23-42)45-36-44(41-20-9-5-10-21-41)37-46(38-45)53-39-43(34-35-59-53)40-18-7-4-8-19-40/h4-39,60H,1-3H3. The molecular weight excluding hydrogens is 753 g/mol. The van der Waals surface area contributed by atoms with Gasteiger partial charge in [-0.15, -0.1) is 0 Å². The maximum absolute atomic E-state index is 5.69. The summed E-state index contributed by atoms with van der Waals surface area (Å²) in [5.41, 5.74) is 18.2. The number of anilines is 2. The summed E-state index contributed by atoms with van der Waals surface area (Å²) >= 11 is 0. The van der Waals surface area contributed by atoms with Crippen molar-refractivity contribution in [1.29, 1.82) is 0 Å². The fourth-order valence-electron chi connectivity index (χ4n) is 8.41. The molecule has 298 valence electrons. The average Bonchev–Trinajstić information content (AvgIpc) is 3.72. The molecule has 4 heteroatoms. The molecule has 0 saturated carbocycles. The Hall–Kier alpha value is -7.82. The van der Waals surface area contributed by atoms with Gasteiger partial charge in [0.1, 0.15) is 5.82 Å². The van der Waals surface area contributed by atoms with Gasteiger partial charge in [0.15, 0.2) is 0 Å². The van der Waals surface area contributed by atoms with Crippen LogP contribution in [0.15, 0.2) is 219 Å². The number of nitrogens with one attached hydrogen (secondary N) is 1. The van der Waals surface area contributed by atoms with Gasteiger partial charge in [-0.3, -0.25) is 9.55 Å². The molecule has 0 radical (unpaired) electrons. The van der Waals surface area contributed by atoms with Gasteiger partial charge >= 0.3 is 0 Å². The number of hydrogen-bond acceptors (Lipinski definition) is 3. The summed E-state index contributed by atoms with van der Waals surface area (Å²) in [6.07, 6.45) is 1.91. The highest BCUT2D eigenvalue weighted by molar-refractivity contribution is 5.99. The molecule has 2 heterocycles. The Bertz CT molecular complexity index is 3160. The zero-order valence-corrected chi connectivity index (χ0v) is 35.1. The molecular formula is C58H46N4. The minimum absolute atomic E-state index is 0.0647. The zero-order valence-electron chi connectivity index (χ0n) is 35.1. The molecule has 10 aromatic rings. The quantitative estimate of drug-likeness (QED) is 0.158. The third-order valence-corrected chi connectivity index (χ3v) is 11.6. The molecule has 0 bridgehead atoms. The van der Waals surface area contributed by atoms with Crippen LogP contribution in [0.4, 0.5) is 11.4 Å². The van der Waals surface area contributed by atoms with E-state index in [4.69, 9.17) is 9.97 Å². The van der Waals surface area contributed by atoms with E-state index in [0.29, 0.717) is 0 Å². The molecule has 0 saturated heterocycles. The molecule has 1 N–H and O–H groups in total. The van der Waals surface area contributed by atoms with E-state index in [1.54, 1.807) is 0 Å². The van der Waals surface area contributed by atoms with Crippen molar-refractivity contribution in [1.82, 2.24) is 14.5 Å². The molecule has 10 rings (SSSR count). The van der Waals surface area contributed by atoms with Crippen molar-refractivity contribution in [3.05, 3.63) is 224 Å². The fourth-order valence-corrected chi connectivity index (χ4v) is 8.41. The Morgan fingerprint density at radius 2 is 1.02 bits per heavy atom. The van der Waals surface area contributed by atoms with Gasteiger partial charge in [-0.25, -0.2) is 4.98 Å². The predicted octanol–water partition coefficient (Wildman–Crippen LogP) is 15.5. The number of rotatable bonds is 9. The second kappa shape index (κ2) is 16.3. The third kappa shape index (κ3) is 7.59. The minimum Gasteiger partial charge on any atom is -0.355 e. The van der Waals surface area contributed by atoms with Crippen molar-refractivity contribution < 1.29 is 0 Å². The first kappa shape index (κ1) is 38.4. The molecule has 0 unspecified atom stereocenters. The summed E-state index contributed by atoms with van der Waals surface area (Å²) in [5, 5.41) is 3.77. The Labute approximate surface area is 363 Å². The number of nitrogens with zero attached hydrogens (tertiary/aromatic N) is 3. The number of fused-ring (bicyclic) bond motifs is 1. The van der Waals surface area contributed by atoms with Gasteiger partial charge in [-0.2, -0.15) is 0 Å². The van der Waals surface area contributed by atoms with Gasteiger partial charge < -0.3 is 5.32 Å². The summed E-state index contributed by atoms with van der Waals surface area (Å²) < 4.78 is 2.34. The van der Waals surface area contributed by atoms with Gasteiger partial charge in [0.2, 0.25) is 0 Å². The molecule has 2 aromatic heterocycles. The Morgan fingerprint density at radius 3 is 1.73 bits per heavy atom. The molecule has 0 aliphatic carbocycles. The smallest absolute Gasteiger partial charge is 0.147 e. The van der Waals surface area contributed by atoms with E-state index in [2.05, 4.69) is 243 Å². The summed E-state index contributed by atoms with van der Waals surface area (Å²) in [6.45, 7) is 6.74. The predicted molar refractivity (Wildman–Crippen MR) is 260 cm³/mol. The van der Waals surface area contributed by atoms with Gasteiger partial charge in [-0.05, 0) is 111 Å². The van der Waals surface area contributed by atoms with Crippen LogP contribution in [0.3, 0.4) is 0 Å². The topological polar surface area (TPSA) is 42.7 Å². The highest BCUT2D eigenvalue weighted by atomic mass is 15.1. The number of benzene rings is 8. The van der Waals surface area contributed by atoms with E-state index in [9.17, 15) is 0 Å². The van der Waals surface area contributed by atoms with E-state index in [-0.39, 0.29) is 5.41 Å². The maximum Gasteiger partial charge on any atom is 0.147 e. The average molecular weight is 799 g/mol. The van der Waals surface area contributed by atoms with Gasteiger partial charge in [0.25, 0.3) is 0 Å². The fraction of sp³-hybridized carbons (Fsp3) is 0.0690. The highest BCUT2D eigenvalue weighted by Crippen LogP contribution is 2.42. The van der Waals surface area contributed by atoms with E-state index in [0.717, 1.165) is 95.2 Å². The Kier molecular flexibility index (Phi) is 10.1. The van der Waals surface area contributed by atoms with Crippen LogP contribution in [0.2, 0.25) is 0 Å². The lowest BCUT2D eigenvalue weighted by molar-refractivity contribution is 0.590. The van der Waals surface area contributed by atoms with Crippen molar-refractivity contribution in [3.8, 4) is 72.8 Å². The Morgan fingerprint density at radius 1 is 0.435 bits per heavy atom. The van der Waals surface area contributed by atoms with Crippen molar-refractivity contribution in [2.24, 2.45) is 0 Å². The second-order valence-electron chi connectivity index (χ2n) is 16.8. The summed E-state index contributed by atoms with van der Waals surface area (Å²) in [5.74, 6) is 0.849. The van der Waals surface area contributed by atoms with Gasteiger partial charge in [-0.1, -0.05) is 166 Å². The highest BCUT2D eigenvalue weighted by Gasteiger charge is 2.23. The van der Waals surface area contributed by atoms with E-state index in [1.807, 2.05) is 6.20 Å². The number of pyridine rings is 1. The van der Waals surface area contributed by atoms with Crippen LogP contribution in [-0.4, -0.2) is 14.5 Å². The van der Waals surface area contributed by atoms with Crippen LogP contribution in [0.25, 0.3) is 83.9 Å². The first-order valence-electron chi connectivity index (χ1n) is 21.2. The van der Waals surface area contributed by atoms with Crippen molar-refractivity contribution in [2.75, 3.05) is 5.32 Å². The molecule has 0 atom stereocenters. The maximum atomic E-state index is 5.69. The first-order valence-corrected chi connectivity index (χ1v) is 21.2. The monoisotopic (exact) mass is 798 g/mol. The first-order chi connectivity index (χ1) is 30.4. The molecule has 0 spiro atoms. The largest absolute Gasteiger partial charge is 0.355 e. The van der Waals surface area contributed by atoms with E-state index in [1.165, 1.54) is 5.56 Å². The summed E-state index contributed by atoms with van der Waals surface area (Å²) in [6, 6.07) is 75.3. The van der Waals surface area contributed by atoms with E-state index < -0.39 is 0 Å².